The summed E-state index contributed by atoms with van der Waals surface area (Å²) in [4.78, 5) is 11.4. The fourth-order valence-corrected chi connectivity index (χ4v) is 2.43. The Balaban J connectivity index is 2.82. The molecular formula is C13H18N2O3S. The molecule has 19 heavy (non-hydrogen) atoms. The summed E-state index contributed by atoms with van der Waals surface area (Å²) in [7, 11) is -3.80. The van der Waals surface area contributed by atoms with Crippen LogP contribution in [0.1, 0.15) is 26.3 Å². The molecule has 104 valence electrons. The third-order valence-electron chi connectivity index (χ3n) is 2.22. The van der Waals surface area contributed by atoms with Crippen molar-refractivity contribution in [2.45, 2.75) is 26.8 Å². The fourth-order valence-electron chi connectivity index (χ4n) is 1.45. The van der Waals surface area contributed by atoms with Gasteiger partial charge in [-0.25, -0.2) is 17.9 Å². The topological polar surface area (TPSA) is 75.3 Å². The zero-order valence-corrected chi connectivity index (χ0v) is 12.0. The number of carbonyl (C=O) groups is 1. The summed E-state index contributed by atoms with van der Waals surface area (Å²) in [5, 5.41) is 3.50. The second-order valence-corrected chi connectivity index (χ2v) is 5.97. The molecule has 2 amide bonds. The van der Waals surface area contributed by atoms with Crippen molar-refractivity contribution in [1.29, 1.82) is 0 Å². The number of rotatable bonds is 4. The molecular weight excluding hydrogens is 264 g/mol. The third-order valence-corrected chi connectivity index (χ3v) is 3.35. The van der Waals surface area contributed by atoms with E-state index in [1.165, 1.54) is 0 Å². The molecule has 0 heterocycles. The van der Waals surface area contributed by atoms with Crippen molar-refractivity contribution < 1.29 is 13.2 Å². The minimum absolute atomic E-state index is 0.130. The highest BCUT2D eigenvalue weighted by Crippen LogP contribution is 2.13. The van der Waals surface area contributed by atoms with Gasteiger partial charge in [0.25, 0.3) is 10.0 Å². The Morgan fingerprint density at radius 3 is 2.32 bits per heavy atom. The van der Waals surface area contributed by atoms with Crippen LogP contribution in [-0.2, 0) is 10.0 Å². The Morgan fingerprint density at radius 1 is 1.21 bits per heavy atom. The van der Waals surface area contributed by atoms with Gasteiger partial charge < -0.3 is 5.32 Å². The lowest BCUT2D eigenvalue weighted by Crippen LogP contribution is -2.41. The van der Waals surface area contributed by atoms with Crippen molar-refractivity contribution in [3.8, 4) is 0 Å². The fraction of sp³-hybridized carbons (Fsp3) is 0.308. The van der Waals surface area contributed by atoms with Gasteiger partial charge in [0.2, 0.25) is 0 Å². The van der Waals surface area contributed by atoms with Gasteiger partial charge >= 0.3 is 6.03 Å². The van der Waals surface area contributed by atoms with Crippen LogP contribution in [0.25, 0.3) is 5.57 Å². The zero-order valence-electron chi connectivity index (χ0n) is 11.2. The van der Waals surface area contributed by atoms with Gasteiger partial charge in [-0.15, -0.1) is 0 Å². The molecule has 0 atom stereocenters. The maximum absolute atomic E-state index is 11.8. The van der Waals surface area contributed by atoms with E-state index in [1.807, 2.05) is 22.9 Å². The highest BCUT2D eigenvalue weighted by Gasteiger charge is 2.12. The smallest absolute Gasteiger partial charge is 0.328 e. The van der Waals surface area contributed by atoms with Crippen LogP contribution in [0, 0.1) is 0 Å². The number of hydrogen-bond donors (Lipinski definition) is 2. The highest BCUT2D eigenvalue weighted by molar-refractivity contribution is 7.93. The number of sulfonamides is 1. The number of allylic oxidation sites excluding steroid dienone is 1. The van der Waals surface area contributed by atoms with Crippen LogP contribution in [0.15, 0.2) is 35.7 Å². The van der Waals surface area contributed by atoms with Crippen molar-refractivity contribution in [2.75, 3.05) is 0 Å². The van der Waals surface area contributed by atoms with Crippen LogP contribution in [0.2, 0.25) is 0 Å². The summed E-state index contributed by atoms with van der Waals surface area (Å²) in [6, 6.07) is 8.22. The largest absolute Gasteiger partial charge is 0.335 e. The lowest BCUT2D eigenvalue weighted by Gasteiger charge is -2.09. The Hall–Kier alpha value is -1.82. The number of carbonyl (C=O) groups excluding carboxylic acids is 1. The van der Waals surface area contributed by atoms with E-state index in [9.17, 15) is 13.2 Å². The number of urea groups is 1. The van der Waals surface area contributed by atoms with Crippen molar-refractivity contribution in [3.05, 3.63) is 41.3 Å². The maximum Gasteiger partial charge on any atom is 0.328 e. The van der Waals surface area contributed by atoms with Crippen molar-refractivity contribution in [2.24, 2.45) is 0 Å². The van der Waals surface area contributed by atoms with Crippen LogP contribution < -0.4 is 10.0 Å². The maximum atomic E-state index is 11.8. The number of hydrogen-bond acceptors (Lipinski definition) is 3. The lowest BCUT2D eigenvalue weighted by molar-refractivity contribution is 0.243. The van der Waals surface area contributed by atoms with Crippen molar-refractivity contribution >= 4 is 21.6 Å². The van der Waals surface area contributed by atoms with Gasteiger partial charge in [0.15, 0.2) is 0 Å². The van der Waals surface area contributed by atoms with Crippen LogP contribution >= 0.6 is 0 Å². The Labute approximate surface area is 113 Å². The first-order valence-electron chi connectivity index (χ1n) is 5.87. The summed E-state index contributed by atoms with van der Waals surface area (Å²) in [5.74, 6) is 0. The summed E-state index contributed by atoms with van der Waals surface area (Å²) in [6.45, 7) is 5.17. The normalized spacial score (nSPS) is 12.3. The van der Waals surface area contributed by atoms with E-state index in [2.05, 4.69) is 5.32 Å². The molecule has 0 radical (unpaired) electrons. The Kier molecular flexibility index (Phi) is 5.11. The molecule has 0 fully saturated rings. The van der Waals surface area contributed by atoms with E-state index in [4.69, 9.17) is 0 Å². The first-order valence-corrected chi connectivity index (χ1v) is 7.42. The Morgan fingerprint density at radius 2 is 1.79 bits per heavy atom. The minimum Gasteiger partial charge on any atom is -0.335 e. The molecule has 0 saturated heterocycles. The van der Waals surface area contributed by atoms with Crippen molar-refractivity contribution in [1.82, 2.24) is 10.0 Å². The lowest BCUT2D eigenvalue weighted by atomic mass is 10.1. The second kappa shape index (κ2) is 6.38. The van der Waals surface area contributed by atoms with Crippen LogP contribution in [0.3, 0.4) is 0 Å². The average Bonchev–Trinajstić information content (AvgIpc) is 2.27. The van der Waals surface area contributed by atoms with Crippen LogP contribution in [-0.4, -0.2) is 20.5 Å². The van der Waals surface area contributed by atoms with Gasteiger partial charge in [0.1, 0.15) is 0 Å². The van der Waals surface area contributed by atoms with E-state index >= 15 is 0 Å². The summed E-state index contributed by atoms with van der Waals surface area (Å²) in [5.41, 5.74) is 1.35. The van der Waals surface area contributed by atoms with E-state index in [1.54, 1.807) is 32.9 Å². The van der Waals surface area contributed by atoms with Gasteiger partial charge in [-0.05, 0) is 31.9 Å². The molecule has 0 bridgehead atoms. The minimum atomic E-state index is -3.80. The molecule has 1 aromatic rings. The van der Waals surface area contributed by atoms with E-state index < -0.39 is 16.1 Å². The average molecular weight is 282 g/mol. The molecule has 0 aliphatic heterocycles. The summed E-state index contributed by atoms with van der Waals surface area (Å²) in [6.07, 6.45) is 0. The number of benzene rings is 1. The second-order valence-electron chi connectivity index (χ2n) is 4.44. The Bertz CT molecular complexity index is 563. The van der Waals surface area contributed by atoms with E-state index in [-0.39, 0.29) is 6.04 Å². The molecule has 1 rings (SSSR count). The number of nitrogens with one attached hydrogen (secondary N) is 2. The number of amides is 2. The van der Waals surface area contributed by atoms with Crippen LogP contribution in [0.5, 0.6) is 0 Å². The molecule has 0 aliphatic rings. The van der Waals surface area contributed by atoms with Gasteiger partial charge in [0.05, 0.1) is 5.41 Å². The molecule has 5 nitrogen and oxygen atoms in total. The zero-order chi connectivity index (χ0) is 14.5. The van der Waals surface area contributed by atoms with Gasteiger partial charge in [-0.3, -0.25) is 0 Å². The molecule has 0 saturated carbocycles. The monoisotopic (exact) mass is 282 g/mol. The highest BCUT2D eigenvalue weighted by atomic mass is 32.2. The molecule has 1 aromatic carbocycles. The van der Waals surface area contributed by atoms with E-state index in [0.717, 1.165) is 11.0 Å². The van der Waals surface area contributed by atoms with Gasteiger partial charge in [-0.1, -0.05) is 30.3 Å². The van der Waals surface area contributed by atoms with Gasteiger partial charge in [-0.2, -0.15) is 0 Å². The molecule has 0 aliphatic carbocycles. The molecule has 6 heteroatoms. The standard InChI is InChI=1S/C13H18N2O3S/c1-10(2)14-13(16)15-19(17,18)9-11(3)12-7-5-4-6-8-12/h4-10H,1-3H3,(H2,14,15,16). The SMILES string of the molecule is CC(=CS(=O)(=O)NC(=O)NC(C)C)c1ccccc1. The third kappa shape index (κ3) is 5.56. The van der Waals surface area contributed by atoms with Crippen molar-refractivity contribution in [3.63, 3.8) is 0 Å². The molecule has 2 N–H and O–H groups in total. The summed E-state index contributed by atoms with van der Waals surface area (Å²) < 4.78 is 25.4. The quantitative estimate of drug-likeness (QED) is 0.888. The first-order chi connectivity index (χ1) is 8.80. The molecule has 0 aromatic heterocycles. The predicted octanol–water partition coefficient (Wildman–Crippen LogP) is 2.08. The molecule has 0 spiro atoms. The molecule has 0 unspecified atom stereocenters. The first kappa shape index (κ1) is 15.2. The predicted molar refractivity (Wildman–Crippen MR) is 75.8 cm³/mol. The van der Waals surface area contributed by atoms with Crippen LogP contribution in [0.4, 0.5) is 4.79 Å². The van der Waals surface area contributed by atoms with Gasteiger partial charge in [0, 0.05) is 6.04 Å². The summed E-state index contributed by atoms with van der Waals surface area (Å²) >= 11 is 0. The van der Waals surface area contributed by atoms with E-state index in [0.29, 0.717) is 5.57 Å².